The van der Waals surface area contributed by atoms with Crippen LogP contribution >= 0.6 is 19.2 Å². The molecule has 1 unspecified atom stereocenters. The second-order valence-corrected chi connectivity index (χ2v) is 13.5. The number of aliphatic hydroxyl groups is 2. The number of nitrogens with zero attached hydrogens (tertiary/aromatic N) is 5. The number of hydrogen-bond donors (Lipinski definition) is 6. The molecule has 2 aliphatic rings. The first-order valence-electron chi connectivity index (χ1n) is 11.4. The number of halogens is 1. The molecule has 208 valence electrons. The maximum Gasteiger partial charge on any atom is 0.357 e. The van der Waals surface area contributed by atoms with Gasteiger partial charge in [0.25, 0.3) is 0 Å². The van der Waals surface area contributed by atoms with Crippen LogP contribution < -0.4 is 10.0 Å². The normalized spacial score (nSPS) is 27.1. The monoisotopic (exact) mass is 585 g/mol. The van der Waals surface area contributed by atoms with Crippen LogP contribution in [0.5, 0.6) is 0 Å². The fourth-order valence-corrected chi connectivity index (χ4v) is 6.83. The van der Waals surface area contributed by atoms with E-state index in [2.05, 4.69) is 25.6 Å². The molecule has 0 radical (unpaired) electrons. The van der Waals surface area contributed by atoms with Gasteiger partial charge in [-0.05, 0) is 38.4 Å². The van der Waals surface area contributed by atoms with Gasteiger partial charge < -0.3 is 34.8 Å². The Morgan fingerprint density at radius 3 is 2.54 bits per heavy atom. The number of sulfonamides is 1. The number of rotatable bonds is 10. The van der Waals surface area contributed by atoms with Crippen LogP contribution in [0, 0.1) is 0 Å². The summed E-state index contributed by atoms with van der Waals surface area (Å²) in [6.07, 6.45) is -1.70. The number of aromatic nitrogens is 5. The third-order valence-electron chi connectivity index (χ3n) is 6.51. The van der Waals surface area contributed by atoms with E-state index >= 15 is 0 Å². The van der Waals surface area contributed by atoms with Crippen molar-refractivity contribution in [2.24, 2.45) is 0 Å². The average Bonchev–Trinajstić information content (AvgIpc) is 3.53. The molecule has 1 saturated carbocycles. The Bertz CT molecular complexity index is 1290. The molecular formula is C18H29ClN7O9PS. The molecule has 0 spiro atoms. The predicted octanol–water partition coefficient (Wildman–Crippen LogP) is -0.692. The zero-order valence-electron chi connectivity index (χ0n) is 19.9. The van der Waals surface area contributed by atoms with Gasteiger partial charge in [-0.1, -0.05) is 18.1 Å². The van der Waals surface area contributed by atoms with E-state index in [1.807, 2.05) is 4.72 Å². The van der Waals surface area contributed by atoms with Crippen LogP contribution in [0.2, 0.25) is 5.28 Å². The molecule has 6 N–H and O–H groups in total. The SMILES string of the molecule is CNS(=O)(=O)CC(C)(OC[C@H]1O[C@@H](n2nnc3c(NC4CCCC4)nc(Cl)nc32)[C@H](O)[C@@H]1O)P(=O)(O)O. The summed E-state index contributed by atoms with van der Waals surface area (Å²) >= 11 is 6.11. The zero-order valence-corrected chi connectivity index (χ0v) is 22.4. The lowest BCUT2D eigenvalue weighted by molar-refractivity contribution is -0.0903. The van der Waals surface area contributed by atoms with Gasteiger partial charge in [0.2, 0.25) is 15.3 Å². The summed E-state index contributed by atoms with van der Waals surface area (Å²) in [6, 6.07) is 0.186. The van der Waals surface area contributed by atoms with E-state index in [0.29, 0.717) is 5.82 Å². The fraction of sp³-hybridized carbons (Fsp3) is 0.778. The van der Waals surface area contributed by atoms with Gasteiger partial charge in [-0.15, -0.1) is 5.10 Å². The standard InChI is InChI=1S/C18H29ClN7O9PS/c1-18(36(29,30)31,8-37(32,33)20-2)34-7-10-12(27)13(28)16(35-10)26-15-11(24-25-26)14(22-17(19)23-15)21-9-5-3-4-6-9/h9-10,12-13,16,20,27-28H,3-8H2,1-2H3,(H,21,22,23)(H2,29,30,31)/t10-,12-,13-,16-,18?/m1/s1. The molecule has 2 fully saturated rings. The van der Waals surface area contributed by atoms with Crippen LogP contribution in [0.1, 0.15) is 38.8 Å². The molecule has 0 aromatic carbocycles. The van der Waals surface area contributed by atoms with Crippen molar-refractivity contribution in [2.45, 2.75) is 68.5 Å². The van der Waals surface area contributed by atoms with Gasteiger partial charge in [0, 0.05) is 6.04 Å². The van der Waals surface area contributed by atoms with Gasteiger partial charge in [0.1, 0.15) is 24.1 Å². The highest BCUT2D eigenvalue weighted by molar-refractivity contribution is 7.89. The summed E-state index contributed by atoms with van der Waals surface area (Å²) in [6.45, 7) is 0.271. The molecule has 0 amide bonds. The number of anilines is 1. The molecule has 37 heavy (non-hydrogen) atoms. The lowest BCUT2D eigenvalue weighted by Crippen LogP contribution is -2.43. The Labute approximate surface area is 216 Å². The van der Waals surface area contributed by atoms with Crippen molar-refractivity contribution in [1.29, 1.82) is 0 Å². The van der Waals surface area contributed by atoms with Crippen molar-refractivity contribution in [3.63, 3.8) is 0 Å². The second-order valence-electron chi connectivity index (χ2n) is 9.21. The summed E-state index contributed by atoms with van der Waals surface area (Å²) < 4.78 is 50.1. The molecule has 1 aliphatic carbocycles. The molecule has 3 heterocycles. The van der Waals surface area contributed by atoms with Gasteiger partial charge in [-0.25, -0.2) is 13.1 Å². The number of ether oxygens (including phenoxy) is 2. The Balaban J connectivity index is 1.55. The van der Waals surface area contributed by atoms with Crippen molar-refractivity contribution in [3.05, 3.63) is 5.28 Å². The largest absolute Gasteiger partial charge is 0.387 e. The summed E-state index contributed by atoms with van der Waals surface area (Å²) in [5, 5.41) is 30.0. The first-order chi connectivity index (χ1) is 17.2. The molecule has 1 saturated heterocycles. The zero-order chi connectivity index (χ0) is 27.2. The Kier molecular flexibility index (Phi) is 8.13. The molecule has 4 rings (SSSR count). The predicted molar refractivity (Wildman–Crippen MR) is 129 cm³/mol. The number of aliphatic hydroxyl groups excluding tert-OH is 2. The van der Waals surface area contributed by atoms with Crippen molar-refractivity contribution in [2.75, 3.05) is 24.7 Å². The first-order valence-corrected chi connectivity index (χ1v) is 15.1. The Hall–Kier alpha value is -1.53. The molecular weight excluding hydrogens is 557 g/mol. The highest BCUT2D eigenvalue weighted by Crippen LogP contribution is 2.52. The minimum atomic E-state index is -5.12. The molecule has 0 bridgehead atoms. The van der Waals surface area contributed by atoms with E-state index < -0.39 is 59.9 Å². The lowest BCUT2D eigenvalue weighted by Gasteiger charge is -2.31. The molecule has 2 aromatic heterocycles. The smallest absolute Gasteiger partial charge is 0.357 e. The summed E-state index contributed by atoms with van der Waals surface area (Å²) in [5.74, 6) is -0.695. The van der Waals surface area contributed by atoms with Crippen LogP contribution in [0.15, 0.2) is 0 Å². The van der Waals surface area contributed by atoms with Crippen molar-refractivity contribution >= 4 is 46.2 Å². The Morgan fingerprint density at radius 2 is 1.92 bits per heavy atom. The van der Waals surface area contributed by atoms with Crippen LogP contribution in [0.4, 0.5) is 5.82 Å². The molecule has 2 aromatic rings. The molecule has 5 atom stereocenters. The van der Waals surface area contributed by atoms with Crippen molar-refractivity contribution < 1.29 is 42.5 Å². The van der Waals surface area contributed by atoms with E-state index in [9.17, 15) is 33.0 Å². The van der Waals surface area contributed by atoms with Crippen molar-refractivity contribution in [3.8, 4) is 0 Å². The minimum absolute atomic E-state index is 0.104. The van der Waals surface area contributed by atoms with E-state index in [0.717, 1.165) is 44.3 Å². The van der Waals surface area contributed by atoms with Gasteiger partial charge in [-0.3, -0.25) is 4.57 Å². The Morgan fingerprint density at radius 1 is 1.24 bits per heavy atom. The molecule has 1 aliphatic heterocycles. The molecule has 16 nitrogen and oxygen atoms in total. The van der Waals surface area contributed by atoms with E-state index in [4.69, 9.17) is 21.1 Å². The third kappa shape index (κ3) is 5.90. The lowest BCUT2D eigenvalue weighted by atomic mass is 10.1. The van der Waals surface area contributed by atoms with Crippen LogP contribution in [0.25, 0.3) is 11.2 Å². The summed E-state index contributed by atoms with van der Waals surface area (Å²) in [4.78, 5) is 27.8. The maximum atomic E-state index is 12.1. The van der Waals surface area contributed by atoms with Gasteiger partial charge >= 0.3 is 7.60 Å². The number of fused-ring (bicyclic) bond motifs is 1. The average molecular weight is 586 g/mol. The van der Waals surface area contributed by atoms with E-state index in [1.165, 1.54) is 0 Å². The summed E-state index contributed by atoms with van der Waals surface area (Å²) in [5.41, 5.74) is 0.395. The van der Waals surface area contributed by atoms with Crippen LogP contribution in [-0.4, -0.2) is 102 Å². The summed E-state index contributed by atoms with van der Waals surface area (Å²) in [7, 11) is -8.12. The first kappa shape index (κ1) is 28.5. The quantitative estimate of drug-likeness (QED) is 0.150. The second kappa shape index (κ2) is 10.6. The van der Waals surface area contributed by atoms with Crippen molar-refractivity contribution in [1.82, 2.24) is 29.7 Å². The number of hydrogen-bond acceptors (Lipinski definition) is 12. The highest BCUT2D eigenvalue weighted by Gasteiger charge is 2.50. The van der Waals surface area contributed by atoms with E-state index in [1.54, 1.807) is 0 Å². The van der Waals surface area contributed by atoms with Gasteiger partial charge in [0.05, 0.1) is 6.61 Å². The van der Waals surface area contributed by atoms with Gasteiger partial charge in [0.15, 0.2) is 28.6 Å². The number of nitrogens with one attached hydrogen (secondary N) is 2. The minimum Gasteiger partial charge on any atom is -0.387 e. The molecule has 19 heteroatoms. The van der Waals surface area contributed by atoms with Gasteiger partial charge in [-0.2, -0.15) is 14.6 Å². The topological polar surface area (TPSA) is 231 Å². The van der Waals surface area contributed by atoms with Crippen LogP contribution in [0.3, 0.4) is 0 Å². The highest BCUT2D eigenvalue weighted by atomic mass is 35.5. The maximum absolute atomic E-state index is 12.1. The third-order valence-corrected chi connectivity index (χ3v) is 9.97. The van der Waals surface area contributed by atoms with Crippen LogP contribution in [-0.2, 0) is 24.1 Å². The fourth-order valence-electron chi connectivity index (χ4n) is 4.30. The van der Waals surface area contributed by atoms with E-state index in [-0.39, 0.29) is 22.5 Å².